The minimum atomic E-state index is 0.841. The van der Waals surface area contributed by atoms with Crippen molar-refractivity contribution in [2.75, 3.05) is 7.11 Å². The van der Waals surface area contributed by atoms with Crippen LogP contribution in [0.2, 0.25) is 0 Å². The molecule has 1 saturated carbocycles. The second kappa shape index (κ2) is 10.5. The van der Waals surface area contributed by atoms with Gasteiger partial charge in [-0.25, -0.2) is 0 Å². The summed E-state index contributed by atoms with van der Waals surface area (Å²) in [6.07, 6.45) is 18.6. The maximum atomic E-state index is 5.20. The van der Waals surface area contributed by atoms with E-state index in [2.05, 4.69) is 43.3 Å². The fourth-order valence-electron chi connectivity index (χ4n) is 3.68. The molecule has 0 aliphatic heterocycles. The molecule has 0 saturated heterocycles. The van der Waals surface area contributed by atoms with Crippen molar-refractivity contribution in [3.8, 4) is 5.75 Å². The summed E-state index contributed by atoms with van der Waals surface area (Å²) < 4.78 is 5.20. The van der Waals surface area contributed by atoms with E-state index in [0.29, 0.717) is 0 Å². The molecule has 1 nitrogen and oxygen atoms in total. The molecule has 128 valence electrons. The highest BCUT2D eigenvalue weighted by Gasteiger charge is 2.18. The van der Waals surface area contributed by atoms with Crippen LogP contribution in [0.1, 0.15) is 70.3 Å². The minimum Gasteiger partial charge on any atom is -0.497 e. The number of unbranched alkanes of at least 4 members (excludes halogenated alkanes) is 2. The Morgan fingerprint density at radius 2 is 1.78 bits per heavy atom. The Hall–Kier alpha value is -1.24. The molecule has 0 bridgehead atoms. The van der Waals surface area contributed by atoms with E-state index in [9.17, 15) is 0 Å². The topological polar surface area (TPSA) is 9.23 Å². The summed E-state index contributed by atoms with van der Waals surface area (Å²) in [5.41, 5.74) is 1.40. The van der Waals surface area contributed by atoms with Gasteiger partial charge in [0.05, 0.1) is 7.11 Å². The first-order chi connectivity index (χ1) is 11.3. The maximum Gasteiger partial charge on any atom is 0.118 e. The van der Waals surface area contributed by atoms with Gasteiger partial charge in [0.15, 0.2) is 0 Å². The minimum absolute atomic E-state index is 0.841. The van der Waals surface area contributed by atoms with Gasteiger partial charge in [0.1, 0.15) is 5.75 Å². The molecule has 0 spiro atoms. The molecule has 0 atom stereocenters. The van der Waals surface area contributed by atoms with Gasteiger partial charge in [0.2, 0.25) is 0 Å². The molecule has 0 heterocycles. The van der Waals surface area contributed by atoms with Gasteiger partial charge in [-0.15, -0.1) is 0 Å². The first kappa shape index (κ1) is 18.1. The van der Waals surface area contributed by atoms with Crippen LogP contribution < -0.4 is 4.74 Å². The van der Waals surface area contributed by atoms with Gasteiger partial charge in [-0.05, 0) is 68.1 Å². The lowest BCUT2D eigenvalue weighted by Gasteiger charge is -2.26. The predicted octanol–water partition coefficient (Wildman–Crippen LogP) is 6.57. The Bertz CT molecular complexity index is 438. The lowest BCUT2D eigenvalue weighted by Crippen LogP contribution is -2.13. The zero-order valence-electron chi connectivity index (χ0n) is 15.1. The molecule has 1 aliphatic carbocycles. The van der Waals surface area contributed by atoms with Crippen molar-refractivity contribution in [2.24, 2.45) is 11.8 Å². The summed E-state index contributed by atoms with van der Waals surface area (Å²) in [5, 5.41) is 0. The van der Waals surface area contributed by atoms with Crippen LogP contribution in [-0.2, 0) is 6.42 Å². The van der Waals surface area contributed by atoms with Gasteiger partial charge >= 0.3 is 0 Å². The number of hydrogen-bond acceptors (Lipinski definition) is 1. The highest BCUT2D eigenvalue weighted by molar-refractivity contribution is 5.27. The first-order valence-electron chi connectivity index (χ1n) is 9.61. The molecule has 0 unspecified atom stereocenters. The molecule has 1 fully saturated rings. The van der Waals surface area contributed by atoms with Gasteiger partial charge in [-0.1, -0.05) is 56.9 Å². The van der Waals surface area contributed by atoms with Crippen LogP contribution in [-0.4, -0.2) is 7.11 Å². The predicted molar refractivity (Wildman–Crippen MR) is 100 cm³/mol. The van der Waals surface area contributed by atoms with Crippen LogP contribution in [0.25, 0.3) is 0 Å². The number of allylic oxidation sites excluding steroid dienone is 2. The Balaban J connectivity index is 1.61. The van der Waals surface area contributed by atoms with Crippen molar-refractivity contribution in [3.63, 3.8) is 0 Å². The average Bonchev–Trinajstić information content (AvgIpc) is 2.61. The first-order valence-corrected chi connectivity index (χ1v) is 9.61. The fraction of sp³-hybridized carbons (Fsp3) is 0.636. The van der Waals surface area contributed by atoms with Crippen molar-refractivity contribution in [2.45, 2.75) is 71.1 Å². The summed E-state index contributed by atoms with van der Waals surface area (Å²) >= 11 is 0. The SMILES string of the molecule is CCCCC[C@H]1CC[C@H](/C=C/CCc2ccc(OC)cc2)CC1. The number of aryl methyl sites for hydroxylation is 1. The van der Waals surface area contributed by atoms with Crippen molar-refractivity contribution in [1.29, 1.82) is 0 Å². The van der Waals surface area contributed by atoms with Crippen LogP contribution in [0.3, 0.4) is 0 Å². The number of benzene rings is 1. The van der Waals surface area contributed by atoms with Gasteiger partial charge in [0.25, 0.3) is 0 Å². The monoisotopic (exact) mass is 314 g/mol. The van der Waals surface area contributed by atoms with Crippen LogP contribution in [0.4, 0.5) is 0 Å². The summed E-state index contributed by atoms with van der Waals surface area (Å²) in [5.74, 6) is 2.80. The normalized spacial score (nSPS) is 21.7. The van der Waals surface area contributed by atoms with Crippen LogP contribution in [0.5, 0.6) is 5.75 Å². The van der Waals surface area contributed by atoms with Crippen molar-refractivity contribution >= 4 is 0 Å². The van der Waals surface area contributed by atoms with E-state index in [-0.39, 0.29) is 0 Å². The van der Waals surface area contributed by atoms with Crippen LogP contribution >= 0.6 is 0 Å². The fourth-order valence-corrected chi connectivity index (χ4v) is 3.68. The standard InChI is InChI=1S/C22H34O/c1-3-4-5-8-19-11-13-20(14-12-19)9-6-7-10-21-15-17-22(23-2)18-16-21/h6,9,15-20H,3-5,7-8,10-14H2,1-2H3/b9-6+/t19-,20-. The largest absolute Gasteiger partial charge is 0.497 e. The third-order valence-electron chi connectivity index (χ3n) is 5.27. The molecule has 0 radical (unpaired) electrons. The molecule has 0 amide bonds. The third-order valence-corrected chi connectivity index (χ3v) is 5.27. The molecular formula is C22H34O. The zero-order valence-corrected chi connectivity index (χ0v) is 15.1. The molecule has 1 aliphatic rings. The summed E-state index contributed by atoms with van der Waals surface area (Å²) in [4.78, 5) is 0. The zero-order chi connectivity index (χ0) is 16.3. The lowest BCUT2D eigenvalue weighted by atomic mass is 9.79. The average molecular weight is 315 g/mol. The Morgan fingerprint density at radius 3 is 2.43 bits per heavy atom. The molecule has 23 heavy (non-hydrogen) atoms. The van der Waals surface area contributed by atoms with E-state index >= 15 is 0 Å². The van der Waals surface area contributed by atoms with Crippen molar-refractivity contribution < 1.29 is 4.74 Å². The van der Waals surface area contributed by atoms with Gasteiger partial charge in [0, 0.05) is 0 Å². The second-order valence-corrected chi connectivity index (χ2v) is 7.09. The molecule has 0 N–H and O–H groups in total. The van der Waals surface area contributed by atoms with E-state index in [1.54, 1.807) is 7.11 Å². The Kier molecular flexibility index (Phi) is 8.28. The summed E-state index contributed by atoms with van der Waals surface area (Å²) in [6, 6.07) is 8.46. The van der Waals surface area contributed by atoms with E-state index < -0.39 is 0 Å². The highest BCUT2D eigenvalue weighted by atomic mass is 16.5. The van der Waals surface area contributed by atoms with Crippen LogP contribution in [0.15, 0.2) is 36.4 Å². The number of methoxy groups -OCH3 is 1. The smallest absolute Gasteiger partial charge is 0.118 e. The van der Waals surface area contributed by atoms with E-state index in [0.717, 1.165) is 30.4 Å². The van der Waals surface area contributed by atoms with E-state index in [4.69, 9.17) is 4.74 Å². The summed E-state index contributed by atoms with van der Waals surface area (Å²) in [6.45, 7) is 2.30. The van der Waals surface area contributed by atoms with E-state index in [1.165, 1.54) is 56.9 Å². The number of rotatable bonds is 9. The molecule has 2 rings (SSSR count). The molecule has 1 aromatic rings. The van der Waals surface area contributed by atoms with Gasteiger partial charge < -0.3 is 4.74 Å². The Labute approximate surface area is 143 Å². The second-order valence-electron chi connectivity index (χ2n) is 7.09. The maximum absolute atomic E-state index is 5.20. The summed E-state index contributed by atoms with van der Waals surface area (Å²) in [7, 11) is 1.72. The third kappa shape index (κ3) is 6.81. The quantitative estimate of drug-likeness (QED) is 0.370. The van der Waals surface area contributed by atoms with Crippen molar-refractivity contribution in [1.82, 2.24) is 0 Å². The molecule has 0 aromatic heterocycles. The molecule has 1 aromatic carbocycles. The number of ether oxygens (including phenoxy) is 1. The van der Waals surface area contributed by atoms with Gasteiger partial charge in [-0.2, -0.15) is 0 Å². The number of hydrogen-bond donors (Lipinski definition) is 0. The van der Waals surface area contributed by atoms with Crippen molar-refractivity contribution in [3.05, 3.63) is 42.0 Å². The molecule has 1 heteroatoms. The van der Waals surface area contributed by atoms with Crippen LogP contribution in [0, 0.1) is 11.8 Å². The Morgan fingerprint density at radius 1 is 1.04 bits per heavy atom. The lowest BCUT2D eigenvalue weighted by molar-refractivity contribution is 0.289. The van der Waals surface area contributed by atoms with E-state index in [1.807, 2.05) is 0 Å². The van der Waals surface area contributed by atoms with Gasteiger partial charge in [-0.3, -0.25) is 0 Å². The molecular weight excluding hydrogens is 280 g/mol. The highest BCUT2D eigenvalue weighted by Crippen LogP contribution is 2.32.